The minimum Gasteiger partial charge on any atom is -0.486 e. The highest BCUT2D eigenvalue weighted by molar-refractivity contribution is 6.31. The molecule has 0 bridgehead atoms. The van der Waals surface area contributed by atoms with E-state index in [1.807, 2.05) is 6.07 Å². The number of hydrogen-bond donors (Lipinski definition) is 2. The molecule has 0 radical (unpaired) electrons. The van der Waals surface area contributed by atoms with Gasteiger partial charge < -0.3 is 15.2 Å². The second-order valence-corrected chi connectivity index (χ2v) is 6.21. The van der Waals surface area contributed by atoms with Gasteiger partial charge in [0.15, 0.2) is 17.7 Å². The van der Waals surface area contributed by atoms with E-state index in [-0.39, 0.29) is 5.96 Å². The highest BCUT2D eigenvalue weighted by atomic mass is 35.5. The zero-order chi connectivity index (χ0) is 18.3. The lowest BCUT2D eigenvalue weighted by Gasteiger charge is -2.27. The Hall–Kier alpha value is -2.81. The molecule has 26 heavy (non-hydrogen) atoms. The van der Waals surface area contributed by atoms with E-state index in [1.54, 1.807) is 36.4 Å². The van der Waals surface area contributed by atoms with E-state index in [0.29, 0.717) is 35.3 Å². The molecule has 8 nitrogen and oxygen atoms in total. The van der Waals surface area contributed by atoms with E-state index in [1.165, 1.54) is 5.12 Å². The van der Waals surface area contributed by atoms with Gasteiger partial charge in [-0.15, -0.1) is 5.12 Å². The minimum absolute atomic E-state index is 0.00244. The predicted molar refractivity (Wildman–Crippen MR) is 95.4 cm³/mol. The number of aliphatic imine (C=N–C) groups is 1. The van der Waals surface area contributed by atoms with E-state index in [4.69, 9.17) is 32.7 Å². The molecule has 2 aliphatic rings. The number of rotatable bonds is 2. The fourth-order valence-electron chi connectivity index (χ4n) is 2.87. The van der Waals surface area contributed by atoms with Gasteiger partial charge in [-0.1, -0.05) is 23.7 Å². The standard InChI is InChI=1S/C17H16ClN5O3/c18-12-3-1-2-11(8-12)16(24)22-17(19)21-15(23(22)20)10-4-5-13-14(9-10)26-7-6-25-13/h1-5,8-9,15H,6-7,20H2,(H2,19,21). The number of nitrogens with zero attached hydrogens (tertiary/aromatic N) is 3. The normalized spacial score (nSPS) is 19.4. The van der Waals surface area contributed by atoms with Crippen LogP contribution in [-0.4, -0.2) is 35.2 Å². The second-order valence-electron chi connectivity index (χ2n) is 5.77. The van der Waals surface area contributed by atoms with Crippen LogP contribution in [0.25, 0.3) is 0 Å². The van der Waals surface area contributed by atoms with Gasteiger partial charge in [0.05, 0.1) is 0 Å². The van der Waals surface area contributed by atoms with Crippen molar-refractivity contribution in [2.24, 2.45) is 16.6 Å². The summed E-state index contributed by atoms with van der Waals surface area (Å²) in [5.74, 6) is 6.98. The molecule has 0 aromatic heterocycles. The number of nitrogens with two attached hydrogens (primary N) is 2. The number of carbonyl (C=O) groups excluding carboxylic acids is 1. The van der Waals surface area contributed by atoms with Gasteiger partial charge in [-0.25, -0.2) is 10.8 Å². The van der Waals surface area contributed by atoms with Crippen LogP contribution in [0.3, 0.4) is 0 Å². The molecule has 0 saturated heterocycles. The number of amides is 1. The van der Waals surface area contributed by atoms with Crippen LogP contribution in [0.4, 0.5) is 0 Å². The van der Waals surface area contributed by atoms with Crippen molar-refractivity contribution < 1.29 is 14.3 Å². The van der Waals surface area contributed by atoms with Crippen LogP contribution in [0.2, 0.25) is 5.02 Å². The molecule has 1 unspecified atom stereocenters. The van der Waals surface area contributed by atoms with Gasteiger partial charge in [0.25, 0.3) is 5.91 Å². The molecule has 0 spiro atoms. The van der Waals surface area contributed by atoms with Crippen molar-refractivity contribution in [2.45, 2.75) is 6.17 Å². The molecule has 2 heterocycles. The van der Waals surface area contributed by atoms with Crippen LogP contribution in [0, 0.1) is 0 Å². The smallest absolute Gasteiger partial charge is 0.276 e. The first-order valence-electron chi connectivity index (χ1n) is 7.91. The number of ether oxygens (including phenoxy) is 2. The number of fused-ring (bicyclic) bond motifs is 1. The minimum atomic E-state index is -0.658. The zero-order valence-corrected chi connectivity index (χ0v) is 14.4. The van der Waals surface area contributed by atoms with Crippen LogP contribution in [0.1, 0.15) is 22.1 Å². The van der Waals surface area contributed by atoms with Gasteiger partial charge in [0.2, 0.25) is 5.96 Å². The molecule has 9 heteroatoms. The van der Waals surface area contributed by atoms with Gasteiger partial charge in [-0.05, 0) is 35.9 Å². The summed E-state index contributed by atoms with van der Waals surface area (Å²) in [5.41, 5.74) is 7.03. The van der Waals surface area contributed by atoms with Crippen LogP contribution in [-0.2, 0) is 0 Å². The summed E-state index contributed by atoms with van der Waals surface area (Å²) in [6.45, 7) is 0.976. The number of carbonyl (C=O) groups is 1. The van der Waals surface area contributed by atoms with Crippen LogP contribution >= 0.6 is 11.6 Å². The number of halogens is 1. The third-order valence-corrected chi connectivity index (χ3v) is 4.32. The van der Waals surface area contributed by atoms with Crippen molar-refractivity contribution >= 4 is 23.5 Å². The molecule has 134 valence electrons. The topological polar surface area (TPSA) is 106 Å². The van der Waals surface area contributed by atoms with Gasteiger partial charge in [0, 0.05) is 10.6 Å². The summed E-state index contributed by atoms with van der Waals surface area (Å²) in [6.07, 6.45) is -0.658. The van der Waals surface area contributed by atoms with E-state index in [9.17, 15) is 4.79 Å². The first-order valence-corrected chi connectivity index (χ1v) is 8.29. The Bertz CT molecular complexity index is 904. The fraction of sp³-hybridized carbons (Fsp3) is 0.176. The largest absolute Gasteiger partial charge is 0.486 e. The van der Waals surface area contributed by atoms with Crippen LogP contribution in [0.15, 0.2) is 47.5 Å². The molecule has 1 amide bonds. The second kappa shape index (κ2) is 6.49. The summed E-state index contributed by atoms with van der Waals surface area (Å²) in [7, 11) is 0. The molecule has 4 N–H and O–H groups in total. The molecule has 4 rings (SSSR count). The first-order chi connectivity index (χ1) is 12.5. The molecule has 1 atom stereocenters. The molecule has 0 saturated carbocycles. The summed E-state index contributed by atoms with van der Waals surface area (Å²) in [5, 5.41) is 2.74. The number of benzene rings is 2. The van der Waals surface area contributed by atoms with E-state index in [0.717, 1.165) is 10.6 Å². The monoisotopic (exact) mass is 373 g/mol. The third-order valence-electron chi connectivity index (χ3n) is 4.08. The lowest BCUT2D eigenvalue weighted by atomic mass is 10.1. The third kappa shape index (κ3) is 2.84. The Morgan fingerprint density at radius 3 is 2.69 bits per heavy atom. The van der Waals surface area contributed by atoms with Crippen LogP contribution in [0.5, 0.6) is 11.5 Å². The summed E-state index contributed by atoms with van der Waals surface area (Å²) < 4.78 is 11.1. The van der Waals surface area contributed by atoms with Crippen molar-refractivity contribution in [1.29, 1.82) is 0 Å². The zero-order valence-electron chi connectivity index (χ0n) is 13.6. The van der Waals surface area contributed by atoms with Crippen molar-refractivity contribution in [3.8, 4) is 11.5 Å². The maximum absolute atomic E-state index is 12.8. The molecule has 0 aliphatic carbocycles. The maximum Gasteiger partial charge on any atom is 0.276 e. The Labute approximate surface area is 154 Å². The van der Waals surface area contributed by atoms with E-state index in [2.05, 4.69) is 4.99 Å². The first kappa shape index (κ1) is 16.6. The molecule has 0 fully saturated rings. The Morgan fingerprint density at radius 2 is 1.92 bits per heavy atom. The molecular weight excluding hydrogens is 358 g/mol. The van der Waals surface area contributed by atoms with Crippen molar-refractivity contribution in [3.05, 3.63) is 58.6 Å². The molecule has 2 aliphatic heterocycles. The summed E-state index contributed by atoms with van der Waals surface area (Å²) >= 11 is 5.96. The average Bonchev–Trinajstić information content (AvgIpc) is 2.95. The van der Waals surface area contributed by atoms with Gasteiger partial charge in [-0.2, -0.15) is 5.01 Å². The lowest BCUT2D eigenvalue weighted by molar-refractivity contribution is 0.0198. The Balaban J connectivity index is 1.62. The Morgan fingerprint density at radius 1 is 1.15 bits per heavy atom. The summed E-state index contributed by atoms with van der Waals surface area (Å²) in [4.78, 5) is 17.1. The average molecular weight is 374 g/mol. The summed E-state index contributed by atoms with van der Waals surface area (Å²) in [6, 6.07) is 11.9. The van der Waals surface area contributed by atoms with Crippen molar-refractivity contribution in [3.63, 3.8) is 0 Å². The van der Waals surface area contributed by atoms with E-state index >= 15 is 0 Å². The predicted octanol–water partition coefficient (Wildman–Crippen LogP) is 1.67. The fourth-order valence-corrected chi connectivity index (χ4v) is 3.06. The molecule has 2 aromatic carbocycles. The van der Waals surface area contributed by atoms with Gasteiger partial charge in [0.1, 0.15) is 13.2 Å². The van der Waals surface area contributed by atoms with Crippen LogP contribution < -0.4 is 21.1 Å². The lowest BCUT2D eigenvalue weighted by Crippen LogP contribution is -2.52. The Kier molecular flexibility index (Phi) is 4.15. The molecular formula is C17H16ClN5O3. The quantitative estimate of drug-likeness (QED) is 0.775. The SMILES string of the molecule is NC1=NC(c2ccc3c(c2)OCCO3)N(N)N1C(=O)c1cccc(Cl)c1. The van der Waals surface area contributed by atoms with Gasteiger partial charge in [-0.3, -0.25) is 4.79 Å². The molecule has 2 aromatic rings. The van der Waals surface area contributed by atoms with Crippen molar-refractivity contribution in [1.82, 2.24) is 10.1 Å². The van der Waals surface area contributed by atoms with Gasteiger partial charge >= 0.3 is 0 Å². The number of hydrazine groups is 2. The van der Waals surface area contributed by atoms with Crippen molar-refractivity contribution in [2.75, 3.05) is 13.2 Å². The number of hydrogen-bond acceptors (Lipinski definition) is 7. The highest BCUT2D eigenvalue weighted by Crippen LogP contribution is 2.36. The maximum atomic E-state index is 12.8. The number of guanidine groups is 1. The van der Waals surface area contributed by atoms with E-state index < -0.39 is 12.1 Å². The highest BCUT2D eigenvalue weighted by Gasteiger charge is 2.37.